The van der Waals surface area contributed by atoms with Crippen LogP contribution in [0.15, 0.2) is 91.0 Å². The van der Waals surface area contributed by atoms with Gasteiger partial charge < -0.3 is 19.9 Å². The maximum atomic E-state index is 12.8. The number of nitrogen functional groups attached to an aromatic ring is 1. The van der Waals surface area contributed by atoms with Crippen molar-refractivity contribution in [1.29, 1.82) is 0 Å². The molecule has 0 unspecified atom stereocenters. The molecular formula is C28H21Cl2NO5. The molecule has 4 aromatic carbocycles. The highest BCUT2D eigenvalue weighted by molar-refractivity contribution is 6.31. The van der Waals surface area contributed by atoms with Gasteiger partial charge in [-0.05, 0) is 42.5 Å². The molecule has 0 aliphatic heterocycles. The Balaban J connectivity index is 1.56. The molecule has 6 nitrogen and oxygen atoms in total. The van der Waals surface area contributed by atoms with Gasteiger partial charge in [0.2, 0.25) is 0 Å². The number of hydrogen-bond donors (Lipinski definition) is 1. The van der Waals surface area contributed by atoms with Crippen LogP contribution in [0.25, 0.3) is 0 Å². The van der Waals surface area contributed by atoms with Crippen molar-refractivity contribution in [2.45, 2.75) is 13.2 Å². The second-order valence-electron chi connectivity index (χ2n) is 7.76. The van der Waals surface area contributed by atoms with Crippen LogP contribution in [0.3, 0.4) is 0 Å². The van der Waals surface area contributed by atoms with Gasteiger partial charge in [0.1, 0.15) is 24.7 Å². The van der Waals surface area contributed by atoms with E-state index in [9.17, 15) is 9.59 Å². The summed E-state index contributed by atoms with van der Waals surface area (Å²) >= 11 is 12.4. The SMILES string of the molecule is Nc1cccc(C(=O)OC(=O)c2cc(OCc3ccccc3Cl)cc(OCc3ccccc3Cl)c2)c1. The Bertz CT molecular complexity index is 1340. The zero-order chi connectivity index (χ0) is 25.5. The second-order valence-corrected chi connectivity index (χ2v) is 8.57. The predicted molar refractivity (Wildman–Crippen MR) is 139 cm³/mol. The van der Waals surface area contributed by atoms with Crippen LogP contribution in [-0.2, 0) is 18.0 Å². The van der Waals surface area contributed by atoms with E-state index in [4.69, 9.17) is 43.1 Å². The van der Waals surface area contributed by atoms with Gasteiger partial charge in [-0.1, -0.05) is 65.7 Å². The van der Waals surface area contributed by atoms with Crippen molar-refractivity contribution in [2.24, 2.45) is 0 Å². The summed E-state index contributed by atoms with van der Waals surface area (Å²) in [7, 11) is 0. The largest absolute Gasteiger partial charge is 0.489 e. The number of halogens is 2. The zero-order valence-corrected chi connectivity index (χ0v) is 20.5. The molecule has 0 bridgehead atoms. The lowest BCUT2D eigenvalue weighted by Gasteiger charge is -2.13. The Morgan fingerprint density at radius 1 is 0.639 bits per heavy atom. The van der Waals surface area contributed by atoms with Crippen LogP contribution in [0.2, 0.25) is 10.0 Å². The molecule has 8 heteroatoms. The van der Waals surface area contributed by atoms with Gasteiger partial charge in [-0.2, -0.15) is 0 Å². The molecule has 0 saturated carbocycles. The van der Waals surface area contributed by atoms with Gasteiger partial charge in [-0.15, -0.1) is 0 Å². The number of benzene rings is 4. The van der Waals surface area contributed by atoms with Gasteiger partial charge in [0.15, 0.2) is 0 Å². The third-order valence-electron chi connectivity index (χ3n) is 5.13. The highest BCUT2D eigenvalue weighted by atomic mass is 35.5. The van der Waals surface area contributed by atoms with Gasteiger partial charge in [-0.25, -0.2) is 9.59 Å². The molecule has 4 aromatic rings. The van der Waals surface area contributed by atoms with Crippen molar-refractivity contribution in [1.82, 2.24) is 0 Å². The molecule has 182 valence electrons. The molecule has 0 aromatic heterocycles. The highest BCUT2D eigenvalue weighted by Crippen LogP contribution is 2.27. The predicted octanol–water partition coefficient (Wildman–Crippen LogP) is 6.73. The molecule has 0 aliphatic carbocycles. The van der Waals surface area contributed by atoms with E-state index in [1.54, 1.807) is 30.3 Å². The molecule has 0 amide bonds. The van der Waals surface area contributed by atoms with Crippen LogP contribution in [0.1, 0.15) is 31.8 Å². The number of esters is 2. The van der Waals surface area contributed by atoms with E-state index in [1.165, 1.54) is 24.3 Å². The third kappa shape index (κ3) is 6.56. The molecule has 0 spiro atoms. The Hall–Kier alpha value is -4.00. The van der Waals surface area contributed by atoms with E-state index in [0.29, 0.717) is 27.2 Å². The molecule has 0 heterocycles. The Morgan fingerprint density at radius 3 is 1.69 bits per heavy atom. The van der Waals surface area contributed by atoms with E-state index in [-0.39, 0.29) is 24.3 Å². The molecule has 0 atom stereocenters. The number of rotatable bonds is 8. The average Bonchev–Trinajstić information content (AvgIpc) is 2.87. The van der Waals surface area contributed by atoms with Crippen molar-refractivity contribution in [3.8, 4) is 11.5 Å². The number of carbonyl (C=O) groups is 2. The summed E-state index contributed by atoms with van der Waals surface area (Å²) in [6.45, 7) is 0.314. The van der Waals surface area contributed by atoms with Crippen molar-refractivity contribution >= 4 is 40.8 Å². The first kappa shape index (κ1) is 25.1. The quantitative estimate of drug-likeness (QED) is 0.157. The van der Waals surface area contributed by atoms with Gasteiger partial charge in [0, 0.05) is 32.9 Å². The van der Waals surface area contributed by atoms with E-state index in [2.05, 4.69) is 0 Å². The average molecular weight is 522 g/mol. The van der Waals surface area contributed by atoms with Crippen LogP contribution in [0.4, 0.5) is 5.69 Å². The minimum absolute atomic E-state index is 0.0677. The van der Waals surface area contributed by atoms with E-state index < -0.39 is 11.9 Å². The first-order chi connectivity index (χ1) is 17.4. The standard InChI is InChI=1S/C28H21Cl2NO5/c29-25-10-3-1-6-19(25)16-34-23-13-21(28(33)36-27(32)18-8-5-9-22(31)12-18)14-24(15-23)35-17-20-7-2-4-11-26(20)30/h1-15H,16-17,31H2. The smallest absolute Gasteiger partial charge is 0.346 e. The molecule has 0 fully saturated rings. The molecule has 2 N–H and O–H groups in total. The van der Waals surface area contributed by atoms with Gasteiger partial charge in [0.25, 0.3) is 0 Å². The lowest BCUT2D eigenvalue weighted by molar-refractivity contribution is 0.0397. The lowest BCUT2D eigenvalue weighted by Crippen LogP contribution is -2.13. The van der Waals surface area contributed by atoms with Crippen molar-refractivity contribution in [3.63, 3.8) is 0 Å². The van der Waals surface area contributed by atoms with Gasteiger partial charge >= 0.3 is 11.9 Å². The Morgan fingerprint density at radius 2 is 1.17 bits per heavy atom. The first-order valence-corrected chi connectivity index (χ1v) is 11.6. The van der Waals surface area contributed by atoms with E-state index in [0.717, 1.165) is 11.1 Å². The molecular weight excluding hydrogens is 501 g/mol. The van der Waals surface area contributed by atoms with Crippen LogP contribution >= 0.6 is 23.2 Å². The van der Waals surface area contributed by atoms with Crippen molar-refractivity contribution in [3.05, 3.63) is 123 Å². The summed E-state index contributed by atoms with van der Waals surface area (Å²) in [6, 6.07) is 25.2. The summed E-state index contributed by atoms with van der Waals surface area (Å²) in [5.41, 5.74) is 7.85. The van der Waals surface area contributed by atoms with Crippen LogP contribution < -0.4 is 15.2 Å². The zero-order valence-electron chi connectivity index (χ0n) is 18.9. The minimum Gasteiger partial charge on any atom is -0.489 e. The molecule has 0 radical (unpaired) electrons. The number of nitrogens with two attached hydrogens (primary N) is 1. The normalized spacial score (nSPS) is 10.5. The van der Waals surface area contributed by atoms with Gasteiger partial charge in [-0.3, -0.25) is 0 Å². The molecule has 0 aliphatic rings. The number of anilines is 1. The van der Waals surface area contributed by atoms with Crippen molar-refractivity contribution in [2.75, 3.05) is 5.73 Å². The highest BCUT2D eigenvalue weighted by Gasteiger charge is 2.18. The Labute approximate surface area is 218 Å². The fourth-order valence-corrected chi connectivity index (χ4v) is 3.66. The summed E-state index contributed by atoms with van der Waals surface area (Å²) in [5.74, 6) is -1.04. The van der Waals surface area contributed by atoms with E-state index >= 15 is 0 Å². The maximum absolute atomic E-state index is 12.8. The topological polar surface area (TPSA) is 87.9 Å². The number of ether oxygens (including phenoxy) is 3. The minimum atomic E-state index is -0.867. The summed E-state index contributed by atoms with van der Waals surface area (Å²) < 4.78 is 16.8. The lowest BCUT2D eigenvalue weighted by atomic mass is 10.2. The van der Waals surface area contributed by atoms with Crippen molar-refractivity contribution < 1.29 is 23.8 Å². The van der Waals surface area contributed by atoms with Gasteiger partial charge in [0.05, 0.1) is 11.1 Å². The van der Waals surface area contributed by atoms with Crippen LogP contribution in [0, 0.1) is 0 Å². The second kappa shape index (κ2) is 11.6. The first-order valence-electron chi connectivity index (χ1n) is 10.9. The number of hydrogen-bond acceptors (Lipinski definition) is 6. The number of carbonyl (C=O) groups excluding carboxylic acids is 2. The Kier molecular flexibility index (Phi) is 8.10. The molecule has 0 saturated heterocycles. The molecule has 4 rings (SSSR count). The monoisotopic (exact) mass is 521 g/mol. The summed E-state index contributed by atoms with van der Waals surface area (Å²) in [4.78, 5) is 25.3. The molecule has 36 heavy (non-hydrogen) atoms. The maximum Gasteiger partial charge on any atom is 0.346 e. The summed E-state index contributed by atoms with van der Waals surface area (Å²) in [6.07, 6.45) is 0. The third-order valence-corrected chi connectivity index (χ3v) is 5.87. The summed E-state index contributed by atoms with van der Waals surface area (Å²) in [5, 5.41) is 1.10. The van der Waals surface area contributed by atoms with Crippen LogP contribution in [-0.4, -0.2) is 11.9 Å². The fraction of sp³-hybridized carbons (Fsp3) is 0.0714. The van der Waals surface area contributed by atoms with Crippen LogP contribution in [0.5, 0.6) is 11.5 Å². The van der Waals surface area contributed by atoms with E-state index in [1.807, 2.05) is 36.4 Å². The fourth-order valence-electron chi connectivity index (χ4n) is 3.28.